The van der Waals surface area contributed by atoms with Gasteiger partial charge in [-0.15, -0.1) is 0 Å². The third-order valence-corrected chi connectivity index (χ3v) is 4.61. The zero-order chi connectivity index (χ0) is 21.1. The molecular formula is C23H19FN4O2. The van der Waals surface area contributed by atoms with Crippen LogP contribution in [0.2, 0.25) is 0 Å². The van der Waals surface area contributed by atoms with Crippen molar-refractivity contribution >= 4 is 18.4 Å². The lowest BCUT2D eigenvalue weighted by Gasteiger charge is -2.09. The minimum absolute atomic E-state index is 0.338. The van der Waals surface area contributed by atoms with Crippen molar-refractivity contribution < 1.29 is 13.9 Å². The fourth-order valence-electron chi connectivity index (χ4n) is 3.14. The Morgan fingerprint density at radius 2 is 1.93 bits per heavy atom. The molecule has 0 fully saturated rings. The number of H-pyrrole nitrogens is 1. The summed E-state index contributed by atoms with van der Waals surface area (Å²) in [7, 11) is 1.62. The normalized spacial score (nSPS) is 11.2. The average molecular weight is 402 g/mol. The Labute approximate surface area is 172 Å². The first-order chi connectivity index (χ1) is 14.6. The van der Waals surface area contributed by atoms with Gasteiger partial charge in [-0.1, -0.05) is 12.1 Å². The number of aromatic nitrogens is 4. The Kier molecular flexibility index (Phi) is 5.26. The molecule has 2 heterocycles. The van der Waals surface area contributed by atoms with Crippen LogP contribution in [0.5, 0.6) is 5.75 Å². The van der Waals surface area contributed by atoms with Crippen molar-refractivity contribution in [2.24, 2.45) is 0 Å². The summed E-state index contributed by atoms with van der Waals surface area (Å²) >= 11 is 0. The zero-order valence-electron chi connectivity index (χ0n) is 16.5. The second-order valence-electron chi connectivity index (χ2n) is 6.70. The maximum atomic E-state index is 13.2. The van der Waals surface area contributed by atoms with Crippen LogP contribution < -0.4 is 4.74 Å². The van der Waals surface area contributed by atoms with Crippen LogP contribution in [-0.4, -0.2) is 32.9 Å². The highest BCUT2D eigenvalue weighted by Gasteiger charge is 2.11. The molecule has 1 N–H and O–H groups in total. The van der Waals surface area contributed by atoms with Crippen LogP contribution in [0.4, 0.5) is 4.39 Å². The van der Waals surface area contributed by atoms with E-state index in [1.54, 1.807) is 31.6 Å². The molecule has 0 saturated carbocycles. The Balaban J connectivity index is 1.62. The van der Waals surface area contributed by atoms with Crippen LogP contribution in [0, 0.1) is 12.7 Å². The van der Waals surface area contributed by atoms with Crippen LogP contribution in [0.25, 0.3) is 29.1 Å². The van der Waals surface area contributed by atoms with Gasteiger partial charge in [0.15, 0.2) is 6.29 Å². The third-order valence-electron chi connectivity index (χ3n) is 4.61. The molecule has 0 saturated heterocycles. The topological polar surface area (TPSA) is 72.8 Å². The number of ether oxygens (including phenoxy) is 1. The molecule has 0 atom stereocenters. The Bertz CT molecular complexity index is 1220. The highest BCUT2D eigenvalue weighted by Crippen LogP contribution is 2.26. The molecule has 0 unspecified atom stereocenters. The monoisotopic (exact) mass is 402 g/mol. The van der Waals surface area contributed by atoms with E-state index in [1.807, 2.05) is 42.0 Å². The van der Waals surface area contributed by atoms with Crippen LogP contribution in [0.3, 0.4) is 0 Å². The molecule has 0 aliphatic rings. The number of aryl methyl sites for hydroxylation is 1. The molecule has 4 rings (SSSR count). The first-order valence-corrected chi connectivity index (χ1v) is 9.25. The second-order valence-corrected chi connectivity index (χ2v) is 6.70. The van der Waals surface area contributed by atoms with E-state index in [9.17, 15) is 9.18 Å². The Morgan fingerprint density at radius 1 is 1.13 bits per heavy atom. The number of nitrogens with zero attached hydrogens (tertiary/aromatic N) is 3. The van der Waals surface area contributed by atoms with Gasteiger partial charge >= 0.3 is 0 Å². The van der Waals surface area contributed by atoms with Gasteiger partial charge in [-0.3, -0.25) is 4.79 Å². The van der Waals surface area contributed by atoms with Gasteiger partial charge in [-0.25, -0.2) is 14.4 Å². The number of aromatic amines is 1. The summed E-state index contributed by atoms with van der Waals surface area (Å²) in [6.07, 6.45) is 8.01. The number of carbonyl (C=O) groups excluding carboxylic acids is 1. The quantitative estimate of drug-likeness (QED) is 0.475. The van der Waals surface area contributed by atoms with Gasteiger partial charge in [0, 0.05) is 11.8 Å². The minimum atomic E-state index is -0.342. The van der Waals surface area contributed by atoms with Gasteiger partial charge in [0.25, 0.3) is 0 Å². The summed E-state index contributed by atoms with van der Waals surface area (Å²) in [6.45, 7) is 1.93. The number of rotatable bonds is 6. The average Bonchev–Trinajstić information content (AvgIpc) is 3.38. The summed E-state index contributed by atoms with van der Waals surface area (Å²) in [6, 6.07) is 11.7. The molecule has 0 radical (unpaired) electrons. The molecule has 2 aromatic heterocycles. The number of hydrogen-bond donors (Lipinski definition) is 1. The van der Waals surface area contributed by atoms with Crippen molar-refractivity contribution in [2.75, 3.05) is 7.11 Å². The smallest absolute Gasteiger partial charge is 0.168 e. The first kappa shape index (κ1) is 19.3. The standard InChI is InChI=1S/C23H19FN4O2/c1-15-12-28(14-25-15)20-9-3-16(11-21(20)30-2)4-10-22-26-19(13-29)23(27-22)17-5-7-18(24)8-6-17/h3-14H,1-2H3,(H,26,27)/b10-4+. The van der Waals surface area contributed by atoms with Gasteiger partial charge in [-0.05, 0) is 55.0 Å². The van der Waals surface area contributed by atoms with Gasteiger partial charge in [0.2, 0.25) is 0 Å². The maximum absolute atomic E-state index is 13.2. The van der Waals surface area contributed by atoms with E-state index < -0.39 is 0 Å². The number of hydrogen-bond acceptors (Lipinski definition) is 4. The van der Waals surface area contributed by atoms with Gasteiger partial charge < -0.3 is 14.3 Å². The molecule has 7 heteroatoms. The minimum Gasteiger partial charge on any atom is -0.495 e. The largest absolute Gasteiger partial charge is 0.495 e. The van der Waals surface area contributed by atoms with E-state index in [2.05, 4.69) is 15.0 Å². The number of nitrogens with one attached hydrogen (secondary N) is 1. The number of aldehydes is 1. The number of benzene rings is 2. The Hall–Kier alpha value is -4.00. The number of halogens is 1. The van der Waals surface area contributed by atoms with Crippen molar-refractivity contribution in [1.29, 1.82) is 0 Å². The highest BCUT2D eigenvalue weighted by atomic mass is 19.1. The number of imidazole rings is 2. The van der Waals surface area contributed by atoms with E-state index >= 15 is 0 Å². The third kappa shape index (κ3) is 3.91. The van der Waals surface area contributed by atoms with Crippen molar-refractivity contribution in [1.82, 2.24) is 19.5 Å². The maximum Gasteiger partial charge on any atom is 0.168 e. The molecule has 0 aliphatic heterocycles. The van der Waals surface area contributed by atoms with Crippen molar-refractivity contribution in [3.05, 3.63) is 83.6 Å². The van der Waals surface area contributed by atoms with E-state index in [-0.39, 0.29) is 5.82 Å². The highest BCUT2D eigenvalue weighted by molar-refractivity contribution is 5.85. The van der Waals surface area contributed by atoms with Crippen molar-refractivity contribution in [3.63, 3.8) is 0 Å². The predicted octanol–water partition coefficient (Wildman–Crippen LogP) is 4.70. The molecular weight excluding hydrogens is 383 g/mol. The lowest BCUT2D eigenvalue weighted by molar-refractivity contribution is 0.112. The summed E-state index contributed by atoms with van der Waals surface area (Å²) in [5.74, 6) is 0.879. The second kappa shape index (κ2) is 8.16. The lowest BCUT2D eigenvalue weighted by atomic mass is 10.1. The fraction of sp³-hybridized carbons (Fsp3) is 0.0870. The summed E-state index contributed by atoms with van der Waals surface area (Å²) < 4.78 is 20.6. The van der Waals surface area contributed by atoms with Crippen LogP contribution >= 0.6 is 0 Å². The van der Waals surface area contributed by atoms with Gasteiger partial charge in [-0.2, -0.15) is 0 Å². The Morgan fingerprint density at radius 3 is 2.60 bits per heavy atom. The lowest BCUT2D eigenvalue weighted by Crippen LogP contribution is -1.95. The number of methoxy groups -OCH3 is 1. The van der Waals surface area contributed by atoms with Crippen molar-refractivity contribution in [2.45, 2.75) is 6.92 Å². The van der Waals surface area contributed by atoms with Gasteiger partial charge in [0.1, 0.15) is 23.1 Å². The van der Waals surface area contributed by atoms with E-state index in [4.69, 9.17) is 4.74 Å². The van der Waals surface area contributed by atoms with Crippen LogP contribution in [0.15, 0.2) is 55.0 Å². The van der Waals surface area contributed by atoms with E-state index in [0.717, 1.165) is 16.9 Å². The molecule has 0 amide bonds. The molecule has 6 nitrogen and oxygen atoms in total. The molecule has 2 aromatic carbocycles. The SMILES string of the molecule is COc1cc(/C=C/c2nc(-c3ccc(F)cc3)c(C=O)[nH]2)ccc1-n1cnc(C)c1. The molecule has 30 heavy (non-hydrogen) atoms. The molecule has 0 bridgehead atoms. The van der Waals surface area contributed by atoms with E-state index in [1.165, 1.54) is 12.1 Å². The van der Waals surface area contributed by atoms with Gasteiger partial charge in [0.05, 0.1) is 30.5 Å². The molecule has 0 aliphatic carbocycles. The zero-order valence-corrected chi connectivity index (χ0v) is 16.5. The number of carbonyl (C=O) groups is 1. The fourth-order valence-corrected chi connectivity index (χ4v) is 3.14. The summed E-state index contributed by atoms with van der Waals surface area (Å²) in [5, 5.41) is 0. The van der Waals surface area contributed by atoms with Crippen LogP contribution in [-0.2, 0) is 0 Å². The predicted molar refractivity (Wildman–Crippen MR) is 113 cm³/mol. The molecule has 0 spiro atoms. The van der Waals surface area contributed by atoms with Crippen LogP contribution in [0.1, 0.15) is 27.6 Å². The van der Waals surface area contributed by atoms with Crippen molar-refractivity contribution in [3.8, 4) is 22.7 Å². The first-order valence-electron chi connectivity index (χ1n) is 9.25. The summed E-state index contributed by atoms with van der Waals surface area (Å²) in [5.41, 5.74) is 4.19. The summed E-state index contributed by atoms with van der Waals surface area (Å²) in [4.78, 5) is 23.1. The molecule has 4 aromatic rings. The molecule has 150 valence electrons. The van der Waals surface area contributed by atoms with E-state index in [0.29, 0.717) is 34.8 Å².